The van der Waals surface area contributed by atoms with Gasteiger partial charge in [0.25, 0.3) is 0 Å². The van der Waals surface area contributed by atoms with Crippen molar-refractivity contribution in [2.45, 2.75) is 25.3 Å². The van der Waals surface area contributed by atoms with E-state index in [1.54, 1.807) is 0 Å². The van der Waals surface area contributed by atoms with E-state index in [1.807, 2.05) is 7.05 Å². The zero-order valence-corrected chi connectivity index (χ0v) is 6.72. The topological polar surface area (TPSA) is 12.0 Å². The number of likely N-dealkylation sites (N-methyl/N-ethyl adjacent to an activating group) is 1. The lowest BCUT2D eigenvalue weighted by Crippen LogP contribution is -2.40. The predicted octanol–water partition coefficient (Wildman–Crippen LogP) is 1.87. The van der Waals surface area contributed by atoms with Crippen molar-refractivity contribution in [3.05, 3.63) is 24.3 Å². The summed E-state index contributed by atoms with van der Waals surface area (Å²) in [5, 5.41) is 3.33. The molecule has 0 radical (unpaired) electrons. The number of rotatable bonds is 2. The second-order valence-corrected chi connectivity index (χ2v) is 2.75. The van der Waals surface area contributed by atoms with Crippen molar-refractivity contribution >= 4 is 0 Å². The first-order valence-electron chi connectivity index (χ1n) is 3.86. The molecule has 1 N–H and O–H groups in total. The van der Waals surface area contributed by atoms with Gasteiger partial charge >= 0.3 is 0 Å². The highest BCUT2D eigenvalue weighted by atomic mass is 14.9. The quantitative estimate of drug-likeness (QED) is 0.612. The summed E-state index contributed by atoms with van der Waals surface area (Å²) >= 11 is 0. The standard InChI is InChI=1S/C9H15N/c1-3-9(10-2)7-5-4-6-8-9/h4-7,10H,3,8H2,1-2H3/t9-/m0/s1. The summed E-state index contributed by atoms with van der Waals surface area (Å²) in [4.78, 5) is 0. The normalized spacial score (nSPS) is 31.0. The Kier molecular flexibility index (Phi) is 2.28. The molecule has 1 rings (SSSR count). The maximum Gasteiger partial charge on any atom is 0.0397 e. The van der Waals surface area contributed by atoms with Gasteiger partial charge in [0.2, 0.25) is 0 Å². The molecule has 0 spiro atoms. The fourth-order valence-electron chi connectivity index (χ4n) is 1.29. The lowest BCUT2D eigenvalue weighted by Gasteiger charge is -2.29. The first-order valence-corrected chi connectivity index (χ1v) is 3.86. The molecule has 0 aliphatic heterocycles. The molecule has 0 heterocycles. The summed E-state index contributed by atoms with van der Waals surface area (Å²) in [6.45, 7) is 2.21. The molecule has 10 heavy (non-hydrogen) atoms. The molecule has 1 nitrogen and oxygen atoms in total. The molecule has 0 aromatic rings. The van der Waals surface area contributed by atoms with E-state index < -0.39 is 0 Å². The fourth-order valence-corrected chi connectivity index (χ4v) is 1.29. The molecule has 0 saturated carbocycles. The Balaban J connectivity index is 2.66. The fraction of sp³-hybridized carbons (Fsp3) is 0.556. The van der Waals surface area contributed by atoms with E-state index in [0.717, 1.165) is 12.8 Å². The molecule has 0 fully saturated rings. The van der Waals surface area contributed by atoms with Crippen LogP contribution in [0, 0.1) is 0 Å². The highest BCUT2D eigenvalue weighted by Gasteiger charge is 2.21. The van der Waals surface area contributed by atoms with Crippen LogP contribution in [0.1, 0.15) is 19.8 Å². The van der Waals surface area contributed by atoms with Gasteiger partial charge in [0.15, 0.2) is 0 Å². The first kappa shape index (κ1) is 7.55. The van der Waals surface area contributed by atoms with Crippen LogP contribution in [0.3, 0.4) is 0 Å². The van der Waals surface area contributed by atoms with Crippen LogP contribution in [0.2, 0.25) is 0 Å². The van der Waals surface area contributed by atoms with Gasteiger partial charge in [-0.3, -0.25) is 0 Å². The smallest absolute Gasteiger partial charge is 0.0397 e. The molecule has 0 bridgehead atoms. The Morgan fingerprint density at radius 3 is 2.60 bits per heavy atom. The van der Waals surface area contributed by atoms with E-state index in [4.69, 9.17) is 0 Å². The summed E-state index contributed by atoms with van der Waals surface area (Å²) in [6, 6.07) is 0. The average molecular weight is 137 g/mol. The van der Waals surface area contributed by atoms with Gasteiger partial charge in [-0.2, -0.15) is 0 Å². The molecular weight excluding hydrogens is 122 g/mol. The molecule has 0 aromatic carbocycles. The van der Waals surface area contributed by atoms with Crippen LogP contribution in [0.25, 0.3) is 0 Å². The van der Waals surface area contributed by atoms with Gasteiger partial charge in [-0.15, -0.1) is 0 Å². The highest BCUT2D eigenvalue weighted by Crippen LogP contribution is 2.20. The molecule has 56 valence electrons. The highest BCUT2D eigenvalue weighted by molar-refractivity contribution is 5.20. The maximum absolute atomic E-state index is 3.33. The van der Waals surface area contributed by atoms with Crippen molar-refractivity contribution < 1.29 is 0 Å². The van der Waals surface area contributed by atoms with Crippen LogP contribution in [-0.2, 0) is 0 Å². The summed E-state index contributed by atoms with van der Waals surface area (Å²) in [6.07, 6.45) is 10.9. The number of hydrogen-bond donors (Lipinski definition) is 1. The third-order valence-electron chi connectivity index (χ3n) is 2.27. The lowest BCUT2D eigenvalue weighted by atomic mass is 9.89. The Morgan fingerprint density at radius 1 is 1.50 bits per heavy atom. The lowest BCUT2D eigenvalue weighted by molar-refractivity contribution is 0.423. The van der Waals surface area contributed by atoms with Crippen molar-refractivity contribution in [1.29, 1.82) is 0 Å². The van der Waals surface area contributed by atoms with E-state index in [1.165, 1.54) is 0 Å². The maximum atomic E-state index is 3.33. The summed E-state index contributed by atoms with van der Waals surface area (Å²) in [5.41, 5.74) is 0.245. The summed E-state index contributed by atoms with van der Waals surface area (Å²) in [7, 11) is 2.02. The molecule has 1 heteroatoms. The third-order valence-corrected chi connectivity index (χ3v) is 2.27. The van der Waals surface area contributed by atoms with Crippen molar-refractivity contribution in [3.8, 4) is 0 Å². The van der Waals surface area contributed by atoms with Gasteiger partial charge in [-0.25, -0.2) is 0 Å². The van der Waals surface area contributed by atoms with Gasteiger partial charge in [-0.1, -0.05) is 31.2 Å². The number of hydrogen-bond acceptors (Lipinski definition) is 1. The van der Waals surface area contributed by atoms with Crippen molar-refractivity contribution in [2.75, 3.05) is 7.05 Å². The molecule has 1 aliphatic carbocycles. The second-order valence-electron chi connectivity index (χ2n) is 2.75. The molecule has 0 aromatic heterocycles. The zero-order valence-electron chi connectivity index (χ0n) is 6.72. The SMILES string of the molecule is CC[C@]1(NC)C=CC=CC1. The van der Waals surface area contributed by atoms with Crippen LogP contribution in [0.4, 0.5) is 0 Å². The summed E-state index contributed by atoms with van der Waals surface area (Å²) in [5.74, 6) is 0. The predicted molar refractivity (Wildman–Crippen MR) is 45.0 cm³/mol. The molecular formula is C9H15N. The van der Waals surface area contributed by atoms with Gasteiger partial charge in [0, 0.05) is 5.54 Å². The van der Waals surface area contributed by atoms with Crippen molar-refractivity contribution in [3.63, 3.8) is 0 Å². The number of allylic oxidation sites excluding steroid dienone is 2. The van der Waals surface area contributed by atoms with E-state index in [0.29, 0.717) is 0 Å². The Bertz CT molecular complexity index is 152. The Labute approximate surface area is 62.8 Å². The zero-order chi connectivity index (χ0) is 7.45. The molecule has 1 aliphatic rings. The van der Waals surface area contributed by atoms with Crippen molar-refractivity contribution in [1.82, 2.24) is 5.32 Å². The minimum Gasteiger partial charge on any atom is -0.311 e. The van der Waals surface area contributed by atoms with Gasteiger partial charge in [0.05, 0.1) is 0 Å². The van der Waals surface area contributed by atoms with Crippen molar-refractivity contribution in [2.24, 2.45) is 0 Å². The first-order chi connectivity index (χ1) is 4.83. The van der Waals surface area contributed by atoms with Crippen LogP contribution < -0.4 is 5.32 Å². The van der Waals surface area contributed by atoms with E-state index in [2.05, 4.69) is 36.5 Å². The van der Waals surface area contributed by atoms with Gasteiger partial charge in [-0.05, 0) is 19.9 Å². The van der Waals surface area contributed by atoms with E-state index in [-0.39, 0.29) is 5.54 Å². The molecule has 1 atom stereocenters. The van der Waals surface area contributed by atoms with E-state index in [9.17, 15) is 0 Å². The molecule has 0 saturated heterocycles. The van der Waals surface area contributed by atoms with Crippen LogP contribution >= 0.6 is 0 Å². The third kappa shape index (κ3) is 1.29. The van der Waals surface area contributed by atoms with Crippen LogP contribution in [-0.4, -0.2) is 12.6 Å². The van der Waals surface area contributed by atoms with Crippen LogP contribution in [0.5, 0.6) is 0 Å². The summed E-state index contributed by atoms with van der Waals surface area (Å²) < 4.78 is 0. The monoisotopic (exact) mass is 137 g/mol. The van der Waals surface area contributed by atoms with Crippen LogP contribution in [0.15, 0.2) is 24.3 Å². The Morgan fingerprint density at radius 2 is 2.30 bits per heavy atom. The van der Waals surface area contributed by atoms with Gasteiger partial charge < -0.3 is 5.32 Å². The molecule has 0 unspecified atom stereocenters. The van der Waals surface area contributed by atoms with E-state index >= 15 is 0 Å². The minimum absolute atomic E-state index is 0.245. The number of nitrogens with one attached hydrogen (secondary N) is 1. The second kappa shape index (κ2) is 3.02. The van der Waals surface area contributed by atoms with Gasteiger partial charge in [0.1, 0.15) is 0 Å². The molecule has 0 amide bonds. The average Bonchev–Trinajstić information content (AvgIpc) is 2.06. The minimum atomic E-state index is 0.245. The largest absolute Gasteiger partial charge is 0.311 e. The Hall–Kier alpha value is -0.560.